The Kier molecular flexibility index (Phi) is 3.98. The quantitative estimate of drug-likeness (QED) is 0.872. The van der Waals surface area contributed by atoms with E-state index in [1.807, 2.05) is 12.3 Å². The zero-order chi connectivity index (χ0) is 11.5. The SMILES string of the molecule is CCC1CCCCC1C(O)c1nc(C)cs1. The van der Waals surface area contributed by atoms with Crippen molar-refractivity contribution in [1.82, 2.24) is 4.98 Å². The van der Waals surface area contributed by atoms with E-state index in [0.717, 1.165) is 17.1 Å². The molecular weight excluding hydrogens is 218 g/mol. The summed E-state index contributed by atoms with van der Waals surface area (Å²) >= 11 is 1.60. The number of nitrogens with zero attached hydrogens (tertiary/aromatic N) is 1. The van der Waals surface area contributed by atoms with Crippen LogP contribution in [-0.2, 0) is 0 Å². The fraction of sp³-hybridized carbons (Fsp3) is 0.769. The minimum atomic E-state index is -0.330. The second-order valence-electron chi connectivity index (χ2n) is 4.89. The Balaban J connectivity index is 2.10. The highest BCUT2D eigenvalue weighted by Crippen LogP contribution is 2.40. The van der Waals surface area contributed by atoms with E-state index in [0.29, 0.717) is 11.8 Å². The van der Waals surface area contributed by atoms with Gasteiger partial charge in [0.05, 0.1) is 0 Å². The summed E-state index contributed by atoms with van der Waals surface area (Å²) in [6.45, 7) is 4.23. The zero-order valence-corrected chi connectivity index (χ0v) is 11.0. The third kappa shape index (κ3) is 2.46. The molecule has 1 aromatic heterocycles. The Morgan fingerprint density at radius 1 is 1.50 bits per heavy atom. The number of thiazole rings is 1. The lowest BCUT2D eigenvalue weighted by atomic mass is 9.75. The lowest BCUT2D eigenvalue weighted by Gasteiger charge is -2.33. The number of aromatic nitrogens is 1. The van der Waals surface area contributed by atoms with Crippen molar-refractivity contribution in [2.75, 3.05) is 0 Å². The highest BCUT2D eigenvalue weighted by Gasteiger charge is 2.31. The molecule has 1 aliphatic carbocycles. The highest BCUT2D eigenvalue weighted by molar-refractivity contribution is 7.09. The van der Waals surface area contributed by atoms with Gasteiger partial charge in [0.1, 0.15) is 11.1 Å². The number of aryl methyl sites for hydroxylation is 1. The summed E-state index contributed by atoms with van der Waals surface area (Å²) in [4.78, 5) is 4.42. The molecule has 1 N–H and O–H groups in total. The maximum Gasteiger partial charge on any atom is 0.122 e. The molecular formula is C13H21NOS. The fourth-order valence-corrected chi connectivity index (χ4v) is 3.70. The van der Waals surface area contributed by atoms with Crippen LogP contribution in [0.5, 0.6) is 0 Å². The molecule has 1 aromatic rings. The third-order valence-corrected chi connectivity index (χ3v) is 4.82. The largest absolute Gasteiger partial charge is 0.386 e. The van der Waals surface area contributed by atoms with Crippen molar-refractivity contribution < 1.29 is 5.11 Å². The average molecular weight is 239 g/mol. The summed E-state index contributed by atoms with van der Waals surface area (Å²) in [5.74, 6) is 1.12. The Labute approximate surface area is 102 Å². The summed E-state index contributed by atoms with van der Waals surface area (Å²) < 4.78 is 0. The van der Waals surface area contributed by atoms with Crippen molar-refractivity contribution in [2.24, 2.45) is 11.8 Å². The van der Waals surface area contributed by atoms with E-state index in [4.69, 9.17) is 0 Å². The van der Waals surface area contributed by atoms with Crippen LogP contribution in [0.4, 0.5) is 0 Å². The number of rotatable bonds is 3. The number of hydrogen-bond acceptors (Lipinski definition) is 3. The standard InChI is InChI=1S/C13H21NOS/c1-3-10-6-4-5-7-11(10)12(15)13-14-9(2)8-16-13/h8,10-12,15H,3-7H2,1-2H3. The smallest absolute Gasteiger partial charge is 0.122 e. The second kappa shape index (κ2) is 5.28. The minimum absolute atomic E-state index is 0.330. The van der Waals surface area contributed by atoms with Gasteiger partial charge < -0.3 is 5.11 Å². The van der Waals surface area contributed by atoms with E-state index < -0.39 is 0 Å². The van der Waals surface area contributed by atoms with E-state index in [9.17, 15) is 5.11 Å². The van der Waals surface area contributed by atoms with Crippen LogP contribution in [0, 0.1) is 18.8 Å². The van der Waals surface area contributed by atoms with Gasteiger partial charge in [-0.3, -0.25) is 0 Å². The second-order valence-corrected chi connectivity index (χ2v) is 5.78. The normalized spacial score (nSPS) is 27.9. The van der Waals surface area contributed by atoms with Gasteiger partial charge in [-0.15, -0.1) is 11.3 Å². The van der Waals surface area contributed by atoms with Crippen LogP contribution in [0.2, 0.25) is 0 Å². The van der Waals surface area contributed by atoms with Gasteiger partial charge >= 0.3 is 0 Å². The van der Waals surface area contributed by atoms with Gasteiger partial charge in [0, 0.05) is 11.1 Å². The summed E-state index contributed by atoms with van der Waals surface area (Å²) in [5.41, 5.74) is 1.03. The summed E-state index contributed by atoms with van der Waals surface area (Å²) in [7, 11) is 0. The molecule has 1 heterocycles. The van der Waals surface area contributed by atoms with Crippen LogP contribution in [0.1, 0.15) is 55.8 Å². The van der Waals surface area contributed by atoms with Gasteiger partial charge in [-0.2, -0.15) is 0 Å². The third-order valence-electron chi connectivity index (χ3n) is 3.79. The zero-order valence-electron chi connectivity index (χ0n) is 10.1. The molecule has 0 saturated heterocycles. The fourth-order valence-electron chi connectivity index (χ4n) is 2.85. The van der Waals surface area contributed by atoms with E-state index in [1.165, 1.54) is 25.7 Å². The number of hydrogen-bond donors (Lipinski definition) is 1. The topological polar surface area (TPSA) is 33.1 Å². The van der Waals surface area contributed by atoms with Crippen LogP contribution in [0.15, 0.2) is 5.38 Å². The first-order valence-corrected chi connectivity index (χ1v) is 7.20. The Morgan fingerprint density at radius 2 is 2.25 bits per heavy atom. The lowest BCUT2D eigenvalue weighted by molar-refractivity contribution is 0.0449. The molecule has 0 bridgehead atoms. The molecule has 0 aromatic carbocycles. The maximum absolute atomic E-state index is 10.4. The molecule has 0 spiro atoms. The summed E-state index contributed by atoms with van der Waals surface area (Å²) in [5, 5.41) is 13.4. The predicted octanol–water partition coefficient (Wildman–Crippen LogP) is 3.70. The number of aliphatic hydroxyl groups is 1. The van der Waals surface area contributed by atoms with Gasteiger partial charge in [-0.25, -0.2) is 4.98 Å². The van der Waals surface area contributed by atoms with E-state index in [1.54, 1.807) is 11.3 Å². The lowest BCUT2D eigenvalue weighted by Crippen LogP contribution is -2.25. The Hall–Kier alpha value is -0.410. The molecule has 2 rings (SSSR count). The minimum Gasteiger partial charge on any atom is -0.386 e. The monoisotopic (exact) mass is 239 g/mol. The Morgan fingerprint density at radius 3 is 2.88 bits per heavy atom. The van der Waals surface area contributed by atoms with Gasteiger partial charge in [0.2, 0.25) is 0 Å². The van der Waals surface area contributed by atoms with Gasteiger partial charge in [-0.1, -0.05) is 32.6 Å². The molecule has 3 heteroatoms. The van der Waals surface area contributed by atoms with E-state index in [2.05, 4.69) is 11.9 Å². The first kappa shape index (κ1) is 12.1. The van der Waals surface area contributed by atoms with Crippen molar-refractivity contribution in [3.05, 3.63) is 16.1 Å². The first-order chi connectivity index (χ1) is 7.72. The average Bonchev–Trinajstić information content (AvgIpc) is 2.75. The van der Waals surface area contributed by atoms with Crippen LogP contribution in [-0.4, -0.2) is 10.1 Å². The molecule has 1 aliphatic rings. The van der Waals surface area contributed by atoms with Gasteiger partial charge in [0.15, 0.2) is 0 Å². The molecule has 0 radical (unpaired) electrons. The van der Waals surface area contributed by atoms with Gasteiger partial charge in [-0.05, 0) is 25.2 Å². The first-order valence-electron chi connectivity index (χ1n) is 6.32. The van der Waals surface area contributed by atoms with Crippen LogP contribution >= 0.6 is 11.3 Å². The van der Waals surface area contributed by atoms with E-state index in [-0.39, 0.29) is 6.10 Å². The summed E-state index contributed by atoms with van der Waals surface area (Å²) in [6.07, 6.45) is 5.90. The highest BCUT2D eigenvalue weighted by atomic mass is 32.1. The van der Waals surface area contributed by atoms with Gasteiger partial charge in [0.25, 0.3) is 0 Å². The molecule has 3 unspecified atom stereocenters. The molecule has 3 atom stereocenters. The molecule has 1 fully saturated rings. The van der Waals surface area contributed by atoms with Crippen LogP contribution in [0.25, 0.3) is 0 Å². The van der Waals surface area contributed by atoms with Crippen molar-refractivity contribution in [3.8, 4) is 0 Å². The van der Waals surface area contributed by atoms with Crippen LogP contribution < -0.4 is 0 Å². The predicted molar refractivity (Wildman–Crippen MR) is 67.5 cm³/mol. The molecule has 1 saturated carbocycles. The van der Waals surface area contributed by atoms with Crippen molar-refractivity contribution >= 4 is 11.3 Å². The molecule has 0 amide bonds. The maximum atomic E-state index is 10.4. The van der Waals surface area contributed by atoms with Crippen molar-refractivity contribution in [2.45, 2.75) is 52.1 Å². The van der Waals surface area contributed by atoms with Crippen LogP contribution in [0.3, 0.4) is 0 Å². The molecule has 90 valence electrons. The summed E-state index contributed by atoms with van der Waals surface area (Å²) in [6, 6.07) is 0. The van der Waals surface area contributed by atoms with E-state index >= 15 is 0 Å². The molecule has 0 aliphatic heterocycles. The Bertz CT molecular complexity index is 336. The van der Waals surface area contributed by atoms with Crippen molar-refractivity contribution in [3.63, 3.8) is 0 Å². The molecule has 2 nitrogen and oxygen atoms in total. The molecule has 16 heavy (non-hydrogen) atoms. The van der Waals surface area contributed by atoms with Crippen molar-refractivity contribution in [1.29, 1.82) is 0 Å². The number of aliphatic hydroxyl groups excluding tert-OH is 1.